The van der Waals surface area contributed by atoms with E-state index < -0.39 is 0 Å². The quantitative estimate of drug-likeness (QED) is 0.861. The van der Waals surface area contributed by atoms with Crippen LogP contribution in [0.2, 0.25) is 0 Å². The lowest BCUT2D eigenvalue weighted by atomic mass is 10.1. The van der Waals surface area contributed by atoms with E-state index in [-0.39, 0.29) is 12.1 Å². The van der Waals surface area contributed by atoms with Gasteiger partial charge in [0.25, 0.3) is 0 Å². The van der Waals surface area contributed by atoms with Crippen LogP contribution in [0.1, 0.15) is 29.3 Å². The number of pyridine rings is 1. The molecule has 24 heavy (non-hydrogen) atoms. The van der Waals surface area contributed by atoms with Crippen LogP contribution >= 0.6 is 0 Å². The van der Waals surface area contributed by atoms with E-state index in [1.165, 1.54) is 11.1 Å². The molecule has 0 bridgehead atoms. The minimum Gasteiger partial charge on any atom is -0.338 e. The molecule has 1 N–H and O–H groups in total. The Morgan fingerprint density at radius 3 is 2.92 bits per heavy atom. The Morgan fingerprint density at radius 2 is 2.12 bits per heavy atom. The maximum absolute atomic E-state index is 12.6. The van der Waals surface area contributed by atoms with Crippen LogP contribution in [-0.4, -0.2) is 29.0 Å². The molecule has 2 aromatic rings. The van der Waals surface area contributed by atoms with Crippen LogP contribution in [-0.2, 0) is 12.8 Å². The van der Waals surface area contributed by atoms with Crippen molar-refractivity contribution in [1.29, 1.82) is 0 Å². The van der Waals surface area contributed by atoms with Gasteiger partial charge >= 0.3 is 6.03 Å². The van der Waals surface area contributed by atoms with E-state index in [4.69, 9.17) is 6.42 Å². The maximum atomic E-state index is 12.6. The summed E-state index contributed by atoms with van der Waals surface area (Å²) < 4.78 is 0. The van der Waals surface area contributed by atoms with Gasteiger partial charge in [0, 0.05) is 24.9 Å². The van der Waals surface area contributed by atoms with Gasteiger partial charge in [-0.1, -0.05) is 36.3 Å². The van der Waals surface area contributed by atoms with Crippen LogP contribution in [0.4, 0.5) is 4.79 Å². The molecule has 122 valence electrons. The number of carbonyl (C=O) groups excluding carboxylic acids is 1. The van der Waals surface area contributed by atoms with Crippen molar-refractivity contribution in [1.82, 2.24) is 15.2 Å². The molecule has 1 aliphatic rings. The summed E-state index contributed by atoms with van der Waals surface area (Å²) in [5, 5.41) is 2.98. The van der Waals surface area contributed by atoms with Crippen LogP contribution in [0, 0.1) is 12.3 Å². The lowest BCUT2D eigenvalue weighted by molar-refractivity contribution is 0.183. The lowest BCUT2D eigenvalue weighted by Gasteiger charge is -2.28. The van der Waals surface area contributed by atoms with E-state index in [2.05, 4.69) is 28.4 Å². The number of fused-ring (bicyclic) bond motifs is 1. The second kappa shape index (κ2) is 7.65. The summed E-state index contributed by atoms with van der Waals surface area (Å²) in [4.78, 5) is 18.7. The number of nitrogens with one attached hydrogen (secondary N) is 1. The number of carbonyl (C=O) groups is 1. The molecule has 0 radical (unpaired) electrons. The van der Waals surface area contributed by atoms with Gasteiger partial charge in [-0.25, -0.2) is 4.79 Å². The van der Waals surface area contributed by atoms with E-state index in [9.17, 15) is 4.79 Å². The summed E-state index contributed by atoms with van der Waals surface area (Å²) in [7, 11) is 0. The fourth-order valence-electron chi connectivity index (χ4n) is 3.23. The van der Waals surface area contributed by atoms with Gasteiger partial charge in [-0.3, -0.25) is 4.98 Å². The van der Waals surface area contributed by atoms with Gasteiger partial charge in [0.1, 0.15) is 0 Å². The number of terminal acetylenes is 1. The highest BCUT2D eigenvalue weighted by Gasteiger charge is 2.30. The van der Waals surface area contributed by atoms with Crippen molar-refractivity contribution in [3.8, 4) is 12.3 Å². The molecule has 2 amide bonds. The maximum Gasteiger partial charge on any atom is 0.318 e. The highest BCUT2D eigenvalue weighted by Crippen LogP contribution is 2.35. The van der Waals surface area contributed by atoms with E-state index in [0.717, 1.165) is 18.5 Å². The first-order chi connectivity index (χ1) is 11.8. The van der Waals surface area contributed by atoms with Crippen molar-refractivity contribution in [2.24, 2.45) is 0 Å². The SMILES string of the molecule is C#CCN(C(=O)NCCc1ccccn1)[C@@H]1CCc2ccccc21. The minimum atomic E-state index is -0.106. The summed E-state index contributed by atoms with van der Waals surface area (Å²) in [6, 6.07) is 14.0. The zero-order chi connectivity index (χ0) is 16.8. The number of hydrogen-bond donors (Lipinski definition) is 1. The summed E-state index contributed by atoms with van der Waals surface area (Å²) in [6.07, 6.45) is 9.87. The first-order valence-corrected chi connectivity index (χ1v) is 8.25. The molecule has 0 aliphatic heterocycles. The highest BCUT2D eigenvalue weighted by molar-refractivity contribution is 5.75. The van der Waals surface area contributed by atoms with Crippen LogP contribution in [0.5, 0.6) is 0 Å². The van der Waals surface area contributed by atoms with Gasteiger partial charge in [0.2, 0.25) is 0 Å². The summed E-state index contributed by atoms with van der Waals surface area (Å²) in [5.41, 5.74) is 3.49. The second-order valence-corrected chi connectivity index (χ2v) is 5.89. The first-order valence-electron chi connectivity index (χ1n) is 8.25. The van der Waals surface area contributed by atoms with Crippen LogP contribution in [0.25, 0.3) is 0 Å². The number of nitrogens with zero attached hydrogens (tertiary/aromatic N) is 2. The number of aryl methyl sites for hydroxylation is 1. The highest BCUT2D eigenvalue weighted by atomic mass is 16.2. The largest absolute Gasteiger partial charge is 0.338 e. The van der Waals surface area contributed by atoms with Crippen LogP contribution in [0.3, 0.4) is 0 Å². The number of aromatic nitrogens is 1. The molecule has 0 spiro atoms. The number of rotatable bonds is 5. The normalized spacial score (nSPS) is 15.4. The molecule has 1 atom stereocenters. The standard InChI is InChI=1S/C20H21N3O/c1-2-15-23(19-11-10-16-7-3-4-9-18(16)19)20(24)22-14-12-17-8-5-6-13-21-17/h1,3-9,13,19H,10-12,14-15H2,(H,22,24)/t19-/m1/s1. The number of amides is 2. The Balaban J connectivity index is 1.63. The number of hydrogen-bond acceptors (Lipinski definition) is 2. The summed E-state index contributed by atoms with van der Waals surface area (Å²) >= 11 is 0. The van der Waals surface area contributed by atoms with Crippen LogP contribution < -0.4 is 5.32 Å². The Labute approximate surface area is 142 Å². The van der Waals surface area contributed by atoms with Crippen LogP contribution in [0.15, 0.2) is 48.7 Å². The lowest BCUT2D eigenvalue weighted by Crippen LogP contribution is -2.42. The van der Waals surface area contributed by atoms with Crippen molar-refractivity contribution < 1.29 is 4.79 Å². The Hall–Kier alpha value is -2.80. The van der Waals surface area contributed by atoms with Crippen molar-refractivity contribution in [2.75, 3.05) is 13.1 Å². The average Bonchev–Trinajstić information content (AvgIpc) is 3.04. The zero-order valence-corrected chi connectivity index (χ0v) is 13.6. The summed E-state index contributed by atoms with van der Waals surface area (Å²) in [5.74, 6) is 2.62. The molecule has 0 fully saturated rings. The topological polar surface area (TPSA) is 45.2 Å². The molecule has 0 saturated heterocycles. The smallest absolute Gasteiger partial charge is 0.318 e. The third kappa shape index (κ3) is 3.57. The third-order valence-corrected chi connectivity index (χ3v) is 4.38. The molecule has 4 heteroatoms. The molecule has 1 aromatic heterocycles. The molecule has 0 unspecified atom stereocenters. The Bertz CT molecular complexity index is 736. The second-order valence-electron chi connectivity index (χ2n) is 5.89. The van der Waals surface area contributed by atoms with Crippen molar-refractivity contribution in [2.45, 2.75) is 25.3 Å². The number of benzene rings is 1. The first kappa shape index (κ1) is 16.1. The fourth-order valence-corrected chi connectivity index (χ4v) is 3.23. The van der Waals surface area contributed by atoms with E-state index in [1.807, 2.05) is 30.3 Å². The zero-order valence-electron chi connectivity index (χ0n) is 13.6. The minimum absolute atomic E-state index is 0.0621. The molecule has 4 nitrogen and oxygen atoms in total. The Kier molecular flexibility index (Phi) is 5.12. The predicted octanol–water partition coefficient (Wildman–Crippen LogP) is 2.96. The van der Waals surface area contributed by atoms with Gasteiger partial charge in [0.15, 0.2) is 0 Å². The molecule has 1 aromatic carbocycles. The number of urea groups is 1. The summed E-state index contributed by atoms with van der Waals surface area (Å²) in [6.45, 7) is 0.861. The van der Waals surface area contributed by atoms with Gasteiger partial charge in [0.05, 0.1) is 12.6 Å². The third-order valence-electron chi connectivity index (χ3n) is 4.38. The van der Waals surface area contributed by atoms with Gasteiger partial charge in [-0.15, -0.1) is 6.42 Å². The van der Waals surface area contributed by atoms with Crippen molar-refractivity contribution in [3.63, 3.8) is 0 Å². The van der Waals surface area contributed by atoms with E-state index in [1.54, 1.807) is 11.1 Å². The van der Waals surface area contributed by atoms with Gasteiger partial charge < -0.3 is 10.2 Å². The van der Waals surface area contributed by atoms with Crippen molar-refractivity contribution in [3.05, 3.63) is 65.5 Å². The van der Waals surface area contributed by atoms with E-state index >= 15 is 0 Å². The fraction of sp³-hybridized carbons (Fsp3) is 0.300. The van der Waals surface area contributed by atoms with E-state index in [0.29, 0.717) is 19.5 Å². The monoisotopic (exact) mass is 319 g/mol. The van der Waals surface area contributed by atoms with Gasteiger partial charge in [-0.2, -0.15) is 0 Å². The molecule has 1 aliphatic carbocycles. The molecule has 3 rings (SSSR count). The molecular formula is C20H21N3O. The predicted molar refractivity (Wildman–Crippen MR) is 94.4 cm³/mol. The Morgan fingerprint density at radius 1 is 1.29 bits per heavy atom. The average molecular weight is 319 g/mol. The van der Waals surface area contributed by atoms with Gasteiger partial charge in [-0.05, 0) is 36.1 Å². The molecule has 0 saturated carbocycles. The van der Waals surface area contributed by atoms with Crippen molar-refractivity contribution >= 4 is 6.03 Å². The molecular weight excluding hydrogens is 298 g/mol. The molecule has 1 heterocycles.